The van der Waals surface area contributed by atoms with E-state index in [2.05, 4.69) is 15.6 Å². The van der Waals surface area contributed by atoms with Crippen molar-refractivity contribution in [1.29, 1.82) is 0 Å². The monoisotopic (exact) mass is 797 g/mol. The predicted molar refractivity (Wildman–Crippen MR) is 203 cm³/mol. The second-order valence-electron chi connectivity index (χ2n) is 15.1. The Hall–Kier alpha value is -3.60. The number of rotatable bonds is 20. The lowest BCUT2D eigenvalue weighted by Gasteiger charge is -2.39. The van der Waals surface area contributed by atoms with Crippen LogP contribution in [0, 0.1) is 17.8 Å². The zero-order valence-electron chi connectivity index (χ0n) is 32.9. The number of carbonyl (C=O) groups excluding carboxylic acids is 3. The first-order valence-corrected chi connectivity index (χ1v) is 19.9. The SMILES string of the molecule is CC[C@H](C)[C@H](NC(=O)[C@H]1CCCCN1C)C(=O)N(CCOC)[C@H](C[C@@H](O)c1nc(C(=O)N[C@@H](Cc2ccc(C(F)(F)F)cc2)C[C@H](C)C(=O)O)cs1)C(C)C. The normalized spacial score (nSPS) is 18.5. The number of aliphatic hydroxyl groups excluding tert-OH is 1. The molecule has 0 aliphatic carbocycles. The summed E-state index contributed by atoms with van der Waals surface area (Å²) in [5.41, 5.74) is -0.353. The molecule has 1 aliphatic rings. The number of hydrogen-bond acceptors (Lipinski definition) is 9. The minimum Gasteiger partial charge on any atom is -0.481 e. The van der Waals surface area contributed by atoms with Gasteiger partial charge >= 0.3 is 12.1 Å². The summed E-state index contributed by atoms with van der Waals surface area (Å²) in [6.07, 6.45) is -2.19. The Morgan fingerprint density at radius 2 is 1.75 bits per heavy atom. The van der Waals surface area contributed by atoms with Crippen molar-refractivity contribution in [2.24, 2.45) is 17.8 Å². The number of halogens is 3. The number of aliphatic hydroxyl groups is 1. The van der Waals surface area contributed by atoms with Crippen LogP contribution in [0.2, 0.25) is 0 Å². The molecule has 12 nitrogen and oxygen atoms in total. The highest BCUT2D eigenvalue weighted by atomic mass is 32.1. The van der Waals surface area contributed by atoms with Crippen molar-refractivity contribution in [1.82, 2.24) is 25.4 Å². The summed E-state index contributed by atoms with van der Waals surface area (Å²) in [6.45, 7) is 10.5. The second kappa shape index (κ2) is 21.1. The number of aliphatic carboxylic acids is 1. The van der Waals surface area contributed by atoms with E-state index in [0.717, 1.165) is 42.9 Å². The van der Waals surface area contributed by atoms with Crippen LogP contribution in [0.5, 0.6) is 0 Å². The highest BCUT2D eigenvalue weighted by Crippen LogP contribution is 2.31. The summed E-state index contributed by atoms with van der Waals surface area (Å²) >= 11 is 1.06. The van der Waals surface area contributed by atoms with Crippen LogP contribution in [0.25, 0.3) is 0 Å². The van der Waals surface area contributed by atoms with Gasteiger partial charge in [0.15, 0.2) is 0 Å². The van der Waals surface area contributed by atoms with E-state index < -0.39 is 53.8 Å². The first-order chi connectivity index (χ1) is 25.9. The molecule has 1 fully saturated rings. The third-order valence-electron chi connectivity index (χ3n) is 10.5. The molecule has 1 aromatic carbocycles. The number of carbonyl (C=O) groups is 4. The Labute approximate surface area is 326 Å². The maximum Gasteiger partial charge on any atom is 0.416 e. The molecule has 308 valence electrons. The number of aromatic nitrogens is 1. The molecule has 2 aromatic rings. The van der Waals surface area contributed by atoms with Crippen LogP contribution in [-0.4, -0.2) is 107 Å². The van der Waals surface area contributed by atoms with Crippen LogP contribution >= 0.6 is 11.3 Å². The van der Waals surface area contributed by atoms with Crippen molar-refractivity contribution in [3.63, 3.8) is 0 Å². The standard InChI is InChI=1S/C39H58F3N5O7S/c1-8-24(4)33(45-35(50)30-11-9-10-16-46(30)6)37(51)47(17-18-54-7)31(23(2)3)21-32(48)36-44-29(22-55-36)34(49)43-28(19-25(5)38(52)53)20-26-12-14-27(15-13-26)39(40,41)42/h12-15,22-25,28,30-33,48H,8-11,16-21H2,1-7H3,(H,43,49)(H,45,50)(H,52,53)/t24-,25-,28+,30+,31+,32+,33-/m0/s1. The lowest BCUT2D eigenvalue weighted by Crippen LogP contribution is -2.59. The van der Waals surface area contributed by atoms with Gasteiger partial charge in [0.25, 0.3) is 5.91 Å². The number of ether oxygens (including phenoxy) is 1. The minimum atomic E-state index is -4.51. The highest BCUT2D eigenvalue weighted by molar-refractivity contribution is 7.09. The van der Waals surface area contributed by atoms with Gasteiger partial charge in [0.2, 0.25) is 11.8 Å². The molecule has 16 heteroatoms. The van der Waals surface area contributed by atoms with Crippen LogP contribution in [0.1, 0.15) is 106 Å². The van der Waals surface area contributed by atoms with E-state index in [9.17, 15) is 42.6 Å². The number of benzene rings is 1. The quantitative estimate of drug-likeness (QED) is 0.135. The number of likely N-dealkylation sites (N-methyl/N-ethyl adjacent to an activating group) is 1. The Balaban J connectivity index is 1.80. The summed E-state index contributed by atoms with van der Waals surface area (Å²) in [5, 5.41) is 28.6. The molecular formula is C39H58F3N5O7S. The van der Waals surface area contributed by atoms with Gasteiger partial charge in [-0.05, 0) is 68.8 Å². The van der Waals surface area contributed by atoms with Gasteiger partial charge in [0.05, 0.1) is 24.1 Å². The molecule has 55 heavy (non-hydrogen) atoms. The number of thiazole rings is 1. The number of amides is 3. The van der Waals surface area contributed by atoms with Crippen molar-refractivity contribution in [3.8, 4) is 0 Å². The smallest absolute Gasteiger partial charge is 0.416 e. The number of piperidine rings is 1. The molecule has 2 heterocycles. The van der Waals surface area contributed by atoms with Gasteiger partial charge in [-0.3, -0.25) is 24.1 Å². The van der Waals surface area contributed by atoms with E-state index in [0.29, 0.717) is 18.4 Å². The molecule has 1 saturated heterocycles. The number of methoxy groups -OCH3 is 1. The average molecular weight is 798 g/mol. The molecule has 1 aromatic heterocycles. The number of alkyl halides is 3. The van der Waals surface area contributed by atoms with Gasteiger partial charge in [-0.1, -0.05) is 59.6 Å². The first-order valence-electron chi connectivity index (χ1n) is 19.0. The van der Waals surface area contributed by atoms with Gasteiger partial charge in [0, 0.05) is 37.5 Å². The van der Waals surface area contributed by atoms with Gasteiger partial charge in [-0.15, -0.1) is 11.3 Å². The fourth-order valence-corrected chi connectivity index (χ4v) is 7.67. The number of likely N-dealkylation sites (tertiary alicyclic amines) is 1. The third-order valence-corrected chi connectivity index (χ3v) is 11.4. The number of nitrogens with zero attached hydrogens (tertiary/aromatic N) is 3. The van der Waals surface area contributed by atoms with E-state index in [1.807, 2.05) is 39.6 Å². The molecular weight excluding hydrogens is 740 g/mol. The topological polar surface area (TPSA) is 161 Å². The molecule has 0 radical (unpaired) electrons. The second-order valence-corrected chi connectivity index (χ2v) is 16.0. The largest absolute Gasteiger partial charge is 0.481 e. The number of nitrogens with one attached hydrogen (secondary N) is 2. The van der Waals surface area contributed by atoms with E-state index in [-0.39, 0.29) is 72.8 Å². The predicted octanol–water partition coefficient (Wildman–Crippen LogP) is 5.55. The first kappa shape index (κ1) is 45.8. The summed E-state index contributed by atoms with van der Waals surface area (Å²) in [5.74, 6) is -3.31. The maximum absolute atomic E-state index is 14.4. The average Bonchev–Trinajstić information content (AvgIpc) is 3.64. The van der Waals surface area contributed by atoms with E-state index in [1.165, 1.54) is 31.5 Å². The molecule has 1 aliphatic heterocycles. The Morgan fingerprint density at radius 1 is 1.07 bits per heavy atom. The van der Waals surface area contributed by atoms with Crippen LogP contribution in [-0.2, 0) is 31.7 Å². The molecule has 4 N–H and O–H groups in total. The number of carboxylic acids is 1. The maximum atomic E-state index is 14.4. The van der Waals surface area contributed by atoms with Gasteiger partial charge in [-0.25, -0.2) is 4.98 Å². The summed E-state index contributed by atoms with van der Waals surface area (Å²) in [7, 11) is 3.45. The zero-order valence-corrected chi connectivity index (χ0v) is 33.7. The zero-order chi connectivity index (χ0) is 41.0. The summed E-state index contributed by atoms with van der Waals surface area (Å²) in [4.78, 5) is 61.1. The van der Waals surface area contributed by atoms with Crippen molar-refractivity contribution in [3.05, 3.63) is 51.5 Å². The minimum absolute atomic E-state index is 0.0125. The van der Waals surface area contributed by atoms with Crippen molar-refractivity contribution < 1.29 is 47.3 Å². The van der Waals surface area contributed by atoms with Gasteiger partial charge in [0.1, 0.15) is 22.8 Å². The molecule has 3 rings (SSSR count). The Bertz CT molecular complexity index is 1560. The number of hydrogen-bond donors (Lipinski definition) is 4. The van der Waals surface area contributed by atoms with Crippen molar-refractivity contribution in [2.75, 3.05) is 33.9 Å². The summed E-state index contributed by atoms with van der Waals surface area (Å²) < 4.78 is 44.7. The van der Waals surface area contributed by atoms with Crippen molar-refractivity contribution >= 4 is 35.0 Å². The highest BCUT2D eigenvalue weighted by Gasteiger charge is 2.38. The van der Waals surface area contributed by atoms with E-state index in [1.54, 1.807) is 4.90 Å². The van der Waals surface area contributed by atoms with Crippen molar-refractivity contribution in [2.45, 2.75) is 116 Å². The van der Waals surface area contributed by atoms with E-state index in [4.69, 9.17) is 4.74 Å². The number of carboxylic acid groups (broad SMARTS) is 1. The van der Waals surface area contributed by atoms with Crippen LogP contribution in [0.3, 0.4) is 0 Å². The van der Waals surface area contributed by atoms with E-state index >= 15 is 0 Å². The molecule has 0 bridgehead atoms. The third kappa shape index (κ3) is 13.2. The molecule has 0 saturated carbocycles. The summed E-state index contributed by atoms with van der Waals surface area (Å²) in [6, 6.07) is 2.12. The lowest BCUT2D eigenvalue weighted by molar-refractivity contribution is -0.143. The molecule has 0 spiro atoms. The van der Waals surface area contributed by atoms with Crippen LogP contribution in [0.4, 0.5) is 13.2 Å². The Kier molecular flexibility index (Phi) is 17.5. The van der Waals surface area contributed by atoms with Crippen LogP contribution in [0.15, 0.2) is 29.6 Å². The molecule has 0 unspecified atom stereocenters. The fourth-order valence-electron chi connectivity index (χ4n) is 6.88. The Morgan fingerprint density at radius 3 is 2.31 bits per heavy atom. The molecule has 3 amide bonds. The lowest BCUT2D eigenvalue weighted by atomic mass is 9.92. The van der Waals surface area contributed by atoms with Gasteiger partial charge in [-0.2, -0.15) is 13.2 Å². The molecule has 7 atom stereocenters. The van der Waals surface area contributed by atoms with Crippen LogP contribution < -0.4 is 10.6 Å². The fraction of sp³-hybridized carbons (Fsp3) is 0.667. The van der Waals surface area contributed by atoms with Gasteiger partial charge < -0.3 is 30.5 Å².